The molecule has 0 spiro atoms. The normalized spacial score (nSPS) is 10.4. The number of Topliss-reactive ketones (excluding diaryl/α,β-unsaturated/α-hetero) is 1. The van der Waals surface area contributed by atoms with Crippen molar-refractivity contribution in [2.24, 2.45) is 0 Å². The van der Waals surface area contributed by atoms with E-state index >= 15 is 0 Å². The first-order valence-electron chi connectivity index (χ1n) is 5.15. The van der Waals surface area contributed by atoms with E-state index in [-0.39, 0.29) is 5.78 Å². The highest BCUT2D eigenvalue weighted by Gasteiger charge is 2.07. The van der Waals surface area contributed by atoms with E-state index < -0.39 is 6.09 Å². The van der Waals surface area contributed by atoms with Gasteiger partial charge in [0.25, 0.3) is 0 Å². The van der Waals surface area contributed by atoms with Crippen LogP contribution in [0, 0.1) is 0 Å². The van der Waals surface area contributed by atoms with Gasteiger partial charge in [-0.2, -0.15) is 0 Å². The number of hydrogen-bond donors (Lipinski definition) is 3. The molecule has 0 saturated heterocycles. The number of aromatic nitrogens is 1. The van der Waals surface area contributed by atoms with Crippen LogP contribution in [0.3, 0.4) is 0 Å². The largest absolute Gasteiger partial charge is 0.465 e. The second-order valence-electron chi connectivity index (χ2n) is 3.89. The summed E-state index contributed by atoms with van der Waals surface area (Å²) in [6.07, 6.45) is 0.840. The van der Waals surface area contributed by atoms with E-state index in [9.17, 15) is 9.59 Å². The van der Waals surface area contributed by atoms with Crippen LogP contribution in [0.15, 0.2) is 24.4 Å². The SMILES string of the molecule is CC(=O)Cc1ccc2[nH]cc(NC(=O)O)c2c1. The monoisotopic (exact) mass is 232 g/mol. The lowest BCUT2D eigenvalue weighted by molar-refractivity contribution is -0.116. The zero-order valence-corrected chi connectivity index (χ0v) is 9.28. The number of rotatable bonds is 3. The van der Waals surface area contributed by atoms with Crippen LogP contribution in [0.2, 0.25) is 0 Å². The molecule has 17 heavy (non-hydrogen) atoms. The number of nitrogens with one attached hydrogen (secondary N) is 2. The van der Waals surface area contributed by atoms with Gasteiger partial charge in [-0.15, -0.1) is 0 Å². The zero-order valence-electron chi connectivity index (χ0n) is 9.28. The van der Waals surface area contributed by atoms with Crippen molar-refractivity contribution in [3.63, 3.8) is 0 Å². The predicted molar refractivity (Wildman–Crippen MR) is 64.3 cm³/mol. The molecule has 0 aliphatic heterocycles. The van der Waals surface area contributed by atoms with Gasteiger partial charge in [-0.25, -0.2) is 4.79 Å². The van der Waals surface area contributed by atoms with E-state index in [1.165, 1.54) is 6.92 Å². The van der Waals surface area contributed by atoms with Gasteiger partial charge in [-0.1, -0.05) is 6.07 Å². The summed E-state index contributed by atoms with van der Waals surface area (Å²) in [7, 11) is 0. The van der Waals surface area contributed by atoms with E-state index in [4.69, 9.17) is 5.11 Å². The van der Waals surface area contributed by atoms with Crippen molar-refractivity contribution < 1.29 is 14.7 Å². The molecule has 1 heterocycles. The Kier molecular flexibility index (Phi) is 2.82. The van der Waals surface area contributed by atoms with E-state index in [0.29, 0.717) is 12.1 Å². The molecule has 2 aromatic rings. The maximum atomic E-state index is 11.0. The average Bonchev–Trinajstić information content (AvgIpc) is 2.59. The molecule has 1 amide bonds. The minimum absolute atomic E-state index is 0.0765. The Morgan fingerprint density at radius 2 is 2.18 bits per heavy atom. The summed E-state index contributed by atoms with van der Waals surface area (Å²) in [6.45, 7) is 1.53. The average molecular weight is 232 g/mol. The summed E-state index contributed by atoms with van der Waals surface area (Å²) in [5, 5.41) is 11.8. The third-order valence-corrected chi connectivity index (χ3v) is 2.44. The first-order chi connectivity index (χ1) is 8.06. The second-order valence-corrected chi connectivity index (χ2v) is 3.89. The molecule has 5 heteroatoms. The third kappa shape index (κ3) is 2.44. The molecule has 1 aromatic heterocycles. The Morgan fingerprint density at radius 1 is 1.41 bits per heavy atom. The van der Waals surface area contributed by atoms with Crippen LogP contribution in [0.1, 0.15) is 12.5 Å². The standard InChI is InChI=1S/C12H12N2O3/c1-7(15)4-8-2-3-10-9(5-8)11(6-13-10)14-12(16)17/h2-3,5-6,13-14H,4H2,1H3,(H,16,17). The highest BCUT2D eigenvalue weighted by Crippen LogP contribution is 2.24. The molecule has 0 unspecified atom stereocenters. The number of fused-ring (bicyclic) bond motifs is 1. The van der Waals surface area contributed by atoms with Crippen molar-refractivity contribution in [1.82, 2.24) is 4.98 Å². The fraction of sp³-hybridized carbons (Fsp3) is 0.167. The number of hydrogen-bond acceptors (Lipinski definition) is 2. The summed E-state index contributed by atoms with van der Waals surface area (Å²) in [6, 6.07) is 5.50. The lowest BCUT2D eigenvalue weighted by atomic mass is 10.1. The van der Waals surface area contributed by atoms with Crippen molar-refractivity contribution >= 4 is 28.5 Å². The molecule has 88 valence electrons. The molecular weight excluding hydrogens is 220 g/mol. The van der Waals surface area contributed by atoms with Crippen LogP contribution < -0.4 is 5.32 Å². The number of aromatic amines is 1. The highest BCUT2D eigenvalue weighted by atomic mass is 16.4. The molecule has 1 aromatic carbocycles. The fourth-order valence-electron chi connectivity index (χ4n) is 1.78. The van der Waals surface area contributed by atoms with Gasteiger partial charge in [-0.05, 0) is 24.6 Å². The van der Waals surface area contributed by atoms with Crippen LogP contribution in [-0.2, 0) is 11.2 Å². The quantitative estimate of drug-likeness (QED) is 0.759. The topological polar surface area (TPSA) is 82.2 Å². The van der Waals surface area contributed by atoms with Gasteiger partial charge < -0.3 is 10.1 Å². The second kappa shape index (κ2) is 4.29. The first-order valence-corrected chi connectivity index (χ1v) is 5.15. The van der Waals surface area contributed by atoms with Gasteiger partial charge in [0.2, 0.25) is 0 Å². The van der Waals surface area contributed by atoms with Crippen molar-refractivity contribution in [1.29, 1.82) is 0 Å². The molecule has 0 atom stereocenters. The van der Waals surface area contributed by atoms with Crippen molar-refractivity contribution in [3.8, 4) is 0 Å². The fourth-order valence-corrected chi connectivity index (χ4v) is 1.78. The van der Waals surface area contributed by atoms with E-state index in [0.717, 1.165) is 16.5 Å². The lowest BCUT2D eigenvalue weighted by Crippen LogP contribution is -2.06. The van der Waals surface area contributed by atoms with Gasteiger partial charge >= 0.3 is 6.09 Å². The number of carbonyl (C=O) groups excluding carboxylic acids is 1. The Hall–Kier alpha value is -2.30. The number of H-pyrrole nitrogens is 1. The number of ketones is 1. The van der Waals surface area contributed by atoms with E-state index in [1.807, 2.05) is 18.2 Å². The van der Waals surface area contributed by atoms with Crippen molar-refractivity contribution in [3.05, 3.63) is 30.0 Å². The van der Waals surface area contributed by atoms with Crippen molar-refractivity contribution in [2.45, 2.75) is 13.3 Å². The first kappa shape index (κ1) is 11.2. The van der Waals surface area contributed by atoms with Crippen LogP contribution in [-0.4, -0.2) is 22.0 Å². The molecular formula is C12H12N2O3. The van der Waals surface area contributed by atoms with Gasteiger partial charge in [0.15, 0.2) is 0 Å². The van der Waals surface area contributed by atoms with E-state index in [2.05, 4.69) is 10.3 Å². The number of carboxylic acid groups (broad SMARTS) is 1. The number of amides is 1. The summed E-state index contributed by atoms with van der Waals surface area (Å²) < 4.78 is 0. The van der Waals surface area contributed by atoms with Gasteiger partial charge in [0.1, 0.15) is 5.78 Å². The summed E-state index contributed by atoms with van der Waals surface area (Å²) in [5.74, 6) is 0.0765. The molecule has 0 bridgehead atoms. The van der Waals surface area contributed by atoms with Gasteiger partial charge in [0.05, 0.1) is 5.69 Å². The molecule has 0 aliphatic carbocycles. The molecule has 0 aliphatic rings. The van der Waals surface area contributed by atoms with Crippen molar-refractivity contribution in [2.75, 3.05) is 5.32 Å². The van der Waals surface area contributed by atoms with Crippen LogP contribution >= 0.6 is 0 Å². The third-order valence-electron chi connectivity index (χ3n) is 2.44. The number of carbonyl (C=O) groups is 2. The smallest absolute Gasteiger partial charge is 0.409 e. The molecule has 3 N–H and O–H groups in total. The molecule has 0 radical (unpaired) electrons. The molecule has 2 rings (SSSR count). The zero-order chi connectivity index (χ0) is 12.4. The lowest BCUT2D eigenvalue weighted by Gasteiger charge is -2.01. The predicted octanol–water partition coefficient (Wildman–Crippen LogP) is 2.39. The highest BCUT2D eigenvalue weighted by molar-refractivity contribution is 5.99. The Bertz CT molecular complexity index is 586. The Morgan fingerprint density at radius 3 is 2.82 bits per heavy atom. The van der Waals surface area contributed by atoms with Crippen LogP contribution in [0.5, 0.6) is 0 Å². The Balaban J connectivity index is 2.42. The minimum Gasteiger partial charge on any atom is -0.465 e. The maximum absolute atomic E-state index is 11.0. The summed E-state index contributed by atoms with van der Waals surface area (Å²) in [4.78, 5) is 24.6. The van der Waals surface area contributed by atoms with Gasteiger partial charge in [0, 0.05) is 23.5 Å². The van der Waals surface area contributed by atoms with Gasteiger partial charge in [-0.3, -0.25) is 10.1 Å². The summed E-state index contributed by atoms with van der Waals surface area (Å²) in [5.41, 5.74) is 2.21. The maximum Gasteiger partial charge on any atom is 0.409 e. The summed E-state index contributed by atoms with van der Waals surface area (Å²) >= 11 is 0. The molecule has 0 fully saturated rings. The minimum atomic E-state index is -1.11. The number of anilines is 1. The Labute approximate surface area is 97.4 Å². The van der Waals surface area contributed by atoms with Crippen LogP contribution in [0.4, 0.5) is 10.5 Å². The van der Waals surface area contributed by atoms with Crippen LogP contribution in [0.25, 0.3) is 10.9 Å². The molecule has 5 nitrogen and oxygen atoms in total. The molecule has 0 saturated carbocycles. The van der Waals surface area contributed by atoms with E-state index in [1.54, 1.807) is 6.20 Å². The number of benzene rings is 1.